The Morgan fingerprint density at radius 2 is 1.62 bits per heavy atom. The summed E-state index contributed by atoms with van der Waals surface area (Å²) in [5.41, 5.74) is 0.357. The predicted molar refractivity (Wildman–Crippen MR) is 87.7 cm³/mol. The van der Waals surface area contributed by atoms with Crippen LogP contribution in [0.4, 0.5) is 22.0 Å². The van der Waals surface area contributed by atoms with Crippen molar-refractivity contribution in [2.45, 2.75) is 58.1 Å². The molecule has 0 aliphatic heterocycles. The third-order valence-electron chi connectivity index (χ3n) is 4.49. The molecular weight excluding hydrogens is 355 g/mol. The summed E-state index contributed by atoms with van der Waals surface area (Å²) < 4.78 is 72.8. The maximum atomic E-state index is 14.0. The fraction of sp³-hybridized carbons (Fsp3) is 0.579. The largest absolute Gasteiger partial charge is 0.573 e. The second-order valence-corrected chi connectivity index (χ2v) is 6.63. The van der Waals surface area contributed by atoms with Crippen LogP contribution in [0.3, 0.4) is 0 Å². The molecule has 0 bridgehead atoms. The van der Waals surface area contributed by atoms with Crippen molar-refractivity contribution in [3.63, 3.8) is 0 Å². The average molecular weight is 378 g/mol. The molecule has 2 rings (SSSR count). The number of benzene rings is 1. The van der Waals surface area contributed by atoms with Gasteiger partial charge in [-0.25, -0.2) is 0 Å². The second kappa shape index (κ2) is 8.84. The van der Waals surface area contributed by atoms with Crippen molar-refractivity contribution < 1.29 is 31.4 Å². The molecule has 1 fully saturated rings. The summed E-state index contributed by atoms with van der Waals surface area (Å²) in [5, 5.41) is 0. The van der Waals surface area contributed by atoms with Crippen LogP contribution in [0.15, 0.2) is 36.4 Å². The Morgan fingerprint density at radius 3 is 2.15 bits per heavy atom. The summed E-state index contributed by atoms with van der Waals surface area (Å²) >= 11 is 0. The maximum absolute atomic E-state index is 14.0. The van der Waals surface area contributed by atoms with E-state index in [1.807, 2.05) is 13.0 Å². The van der Waals surface area contributed by atoms with Crippen LogP contribution < -0.4 is 4.74 Å². The highest BCUT2D eigenvalue weighted by Gasteiger charge is 2.35. The van der Waals surface area contributed by atoms with Crippen LogP contribution in [0.1, 0.15) is 44.6 Å². The van der Waals surface area contributed by atoms with Gasteiger partial charge in [-0.05, 0) is 62.1 Å². The molecule has 0 N–H and O–H groups in total. The van der Waals surface area contributed by atoms with Gasteiger partial charge in [0, 0.05) is 6.42 Å². The Hall–Kier alpha value is -1.63. The molecule has 2 nitrogen and oxygen atoms in total. The van der Waals surface area contributed by atoms with Crippen molar-refractivity contribution >= 4 is 0 Å². The van der Waals surface area contributed by atoms with Crippen LogP contribution in [0.25, 0.3) is 0 Å². The van der Waals surface area contributed by atoms with Gasteiger partial charge in [-0.3, -0.25) is 0 Å². The summed E-state index contributed by atoms with van der Waals surface area (Å²) in [4.78, 5) is 0. The van der Waals surface area contributed by atoms with Gasteiger partial charge in [0.05, 0.1) is 6.61 Å². The normalized spacial score (nSPS) is 21.9. The highest BCUT2D eigenvalue weighted by atomic mass is 19.4. The molecule has 1 aromatic rings. The minimum absolute atomic E-state index is 0.0749. The van der Waals surface area contributed by atoms with E-state index in [1.54, 1.807) is 0 Å². The number of ether oxygens (including phenoxy) is 2. The molecular formula is C19H23F5O2. The standard InChI is InChI=1S/C19H23F5O2/c1-2-3-14-4-6-15(7-5-14)12-18(20,21)25-13-16-8-10-17(11-9-16)26-19(22,23)24/h2-3,8-11,14-15H,4-7,12-13H2,1H3/b3-2+. The zero-order valence-electron chi connectivity index (χ0n) is 14.6. The Bertz CT molecular complexity index is 573. The summed E-state index contributed by atoms with van der Waals surface area (Å²) in [6, 6.07) is 4.71. The van der Waals surface area contributed by atoms with E-state index in [2.05, 4.69) is 10.8 Å². The number of alkyl halides is 5. The van der Waals surface area contributed by atoms with Crippen molar-refractivity contribution in [2.75, 3.05) is 0 Å². The van der Waals surface area contributed by atoms with Gasteiger partial charge in [-0.15, -0.1) is 13.2 Å². The van der Waals surface area contributed by atoms with Gasteiger partial charge in [0.2, 0.25) is 0 Å². The molecule has 0 atom stereocenters. The fourth-order valence-corrected chi connectivity index (χ4v) is 3.23. The predicted octanol–water partition coefficient (Wildman–Crippen LogP) is 6.47. The molecule has 1 saturated carbocycles. The van der Waals surface area contributed by atoms with Crippen LogP contribution in [-0.2, 0) is 11.3 Å². The van der Waals surface area contributed by atoms with E-state index in [0.29, 0.717) is 11.5 Å². The van der Waals surface area contributed by atoms with Gasteiger partial charge < -0.3 is 9.47 Å². The molecule has 0 heterocycles. The molecule has 1 aromatic carbocycles. The lowest BCUT2D eigenvalue weighted by Gasteiger charge is -2.29. The summed E-state index contributed by atoms with van der Waals surface area (Å²) in [7, 11) is 0. The van der Waals surface area contributed by atoms with Crippen molar-refractivity contribution in [1.82, 2.24) is 0 Å². The third kappa shape index (κ3) is 7.32. The van der Waals surface area contributed by atoms with Crippen LogP contribution in [0, 0.1) is 11.8 Å². The van der Waals surface area contributed by atoms with Gasteiger partial charge in [0.25, 0.3) is 0 Å². The second-order valence-electron chi connectivity index (χ2n) is 6.63. The minimum atomic E-state index is -4.78. The highest BCUT2D eigenvalue weighted by Crippen LogP contribution is 2.37. The monoisotopic (exact) mass is 378 g/mol. The molecule has 1 aliphatic carbocycles. The molecule has 0 spiro atoms. The summed E-state index contributed by atoms with van der Waals surface area (Å²) in [5.74, 6) is 0.00295. The zero-order chi connectivity index (χ0) is 19.2. The van der Waals surface area contributed by atoms with Gasteiger partial charge in [0.15, 0.2) is 0 Å². The SMILES string of the molecule is C/C=C/C1CCC(CC(F)(F)OCc2ccc(OC(F)(F)F)cc2)CC1. The molecule has 7 heteroatoms. The van der Waals surface area contributed by atoms with Gasteiger partial charge >= 0.3 is 12.5 Å². The first kappa shape index (κ1) is 20.7. The number of rotatable bonds is 7. The zero-order valence-corrected chi connectivity index (χ0v) is 14.6. The van der Waals surface area contributed by atoms with E-state index < -0.39 is 18.2 Å². The number of allylic oxidation sites excluding steroid dienone is 2. The van der Waals surface area contributed by atoms with E-state index >= 15 is 0 Å². The van der Waals surface area contributed by atoms with Crippen LogP contribution in [0.2, 0.25) is 0 Å². The first-order valence-electron chi connectivity index (χ1n) is 8.66. The quantitative estimate of drug-likeness (QED) is 0.400. The van der Waals surface area contributed by atoms with Crippen LogP contribution in [0.5, 0.6) is 5.75 Å². The Kier molecular flexibility index (Phi) is 7.03. The van der Waals surface area contributed by atoms with E-state index in [1.165, 1.54) is 12.1 Å². The topological polar surface area (TPSA) is 18.5 Å². The van der Waals surface area contributed by atoms with Crippen LogP contribution in [-0.4, -0.2) is 12.5 Å². The Balaban J connectivity index is 1.78. The molecule has 0 unspecified atom stereocenters. The molecule has 26 heavy (non-hydrogen) atoms. The lowest BCUT2D eigenvalue weighted by atomic mass is 9.80. The summed E-state index contributed by atoms with van der Waals surface area (Å²) in [6.45, 7) is 1.59. The Morgan fingerprint density at radius 1 is 1.00 bits per heavy atom. The fourth-order valence-electron chi connectivity index (χ4n) is 3.23. The third-order valence-corrected chi connectivity index (χ3v) is 4.49. The van der Waals surface area contributed by atoms with E-state index in [9.17, 15) is 22.0 Å². The van der Waals surface area contributed by atoms with Crippen LogP contribution >= 0.6 is 0 Å². The molecule has 1 aliphatic rings. The van der Waals surface area contributed by atoms with Gasteiger partial charge in [0.1, 0.15) is 5.75 Å². The Labute approximate surface area is 150 Å². The van der Waals surface area contributed by atoms with Crippen molar-refractivity contribution in [2.24, 2.45) is 11.8 Å². The van der Waals surface area contributed by atoms with E-state index in [0.717, 1.165) is 37.8 Å². The smallest absolute Gasteiger partial charge is 0.406 e. The number of hydrogen-bond donors (Lipinski definition) is 0. The number of hydrogen-bond acceptors (Lipinski definition) is 2. The average Bonchev–Trinajstić information content (AvgIpc) is 2.55. The molecule has 146 valence electrons. The van der Waals surface area contributed by atoms with Crippen molar-refractivity contribution in [3.05, 3.63) is 42.0 Å². The first-order valence-corrected chi connectivity index (χ1v) is 8.66. The molecule has 0 aromatic heterocycles. The number of halogens is 5. The maximum Gasteiger partial charge on any atom is 0.573 e. The lowest BCUT2D eigenvalue weighted by Crippen LogP contribution is -2.26. The summed E-state index contributed by atoms with van der Waals surface area (Å²) in [6.07, 6.45) is -0.932. The molecule has 0 radical (unpaired) electrons. The molecule has 0 saturated heterocycles. The van der Waals surface area contributed by atoms with Crippen molar-refractivity contribution in [1.29, 1.82) is 0 Å². The first-order chi connectivity index (χ1) is 12.2. The highest BCUT2D eigenvalue weighted by molar-refractivity contribution is 5.27. The minimum Gasteiger partial charge on any atom is -0.406 e. The van der Waals surface area contributed by atoms with Gasteiger partial charge in [-0.1, -0.05) is 24.3 Å². The van der Waals surface area contributed by atoms with E-state index in [-0.39, 0.29) is 18.9 Å². The van der Waals surface area contributed by atoms with Gasteiger partial charge in [-0.2, -0.15) is 8.78 Å². The molecule has 0 amide bonds. The van der Waals surface area contributed by atoms with Crippen molar-refractivity contribution in [3.8, 4) is 5.75 Å². The lowest BCUT2D eigenvalue weighted by molar-refractivity contribution is -0.274. The van der Waals surface area contributed by atoms with E-state index in [4.69, 9.17) is 4.74 Å².